The summed E-state index contributed by atoms with van der Waals surface area (Å²) in [6.45, 7) is 3.19. The van der Waals surface area contributed by atoms with Crippen LogP contribution in [-0.4, -0.2) is 33.1 Å². The molecule has 1 aliphatic carbocycles. The highest BCUT2D eigenvalue weighted by Gasteiger charge is 2.41. The van der Waals surface area contributed by atoms with E-state index in [1.54, 1.807) is 12.5 Å². The zero-order valence-corrected chi connectivity index (χ0v) is 11.7. The number of carboxylic acids is 1. The van der Waals surface area contributed by atoms with Crippen molar-refractivity contribution in [2.45, 2.75) is 32.7 Å². The second kappa shape index (κ2) is 6.54. The smallest absolute Gasteiger partial charge is 0.307 e. The number of rotatable bonds is 6. The van der Waals surface area contributed by atoms with Crippen molar-refractivity contribution >= 4 is 11.9 Å². The highest BCUT2D eigenvalue weighted by molar-refractivity contribution is 5.85. The molecule has 1 aromatic heterocycles. The number of aromatic nitrogens is 2. The first-order valence-electron chi connectivity index (χ1n) is 7.08. The molecule has 0 bridgehead atoms. The molecule has 6 heteroatoms. The van der Waals surface area contributed by atoms with E-state index in [1.807, 2.05) is 17.7 Å². The van der Waals surface area contributed by atoms with Gasteiger partial charge in [-0.05, 0) is 18.8 Å². The summed E-state index contributed by atoms with van der Waals surface area (Å²) in [6, 6.07) is 0. The molecule has 1 saturated carbocycles. The lowest BCUT2D eigenvalue weighted by molar-refractivity contribution is -0.146. The fraction of sp³-hybridized carbons (Fsp3) is 0.643. The van der Waals surface area contributed by atoms with Crippen molar-refractivity contribution in [2.75, 3.05) is 6.54 Å². The van der Waals surface area contributed by atoms with Gasteiger partial charge >= 0.3 is 5.97 Å². The molecule has 0 saturated heterocycles. The van der Waals surface area contributed by atoms with Gasteiger partial charge in [-0.25, -0.2) is 4.98 Å². The fourth-order valence-electron chi connectivity index (χ4n) is 2.90. The van der Waals surface area contributed by atoms with E-state index in [9.17, 15) is 14.7 Å². The molecule has 2 N–H and O–H groups in total. The Bertz CT molecular complexity index is 458. The van der Waals surface area contributed by atoms with Gasteiger partial charge in [0.15, 0.2) is 0 Å². The van der Waals surface area contributed by atoms with E-state index in [0.29, 0.717) is 31.8 Å². The van der Waals surface area contributed by atoms with Crippen LogP contribution in [0.15, 0.2) is 18.7 Å². The first-order valence-corrected chi connectivity index (χ1v) is 7.08. The van der Waals surface area contributed by atoms with Crippen molar-refractivity contribution in [1.82, 2.24) is 14.9 Å². The fourth-order valence-corrected chi connectivity index (χ4v) is 2.90. The van der Waals surface area contributed by atoms with E-state index in [0.717, 1.165) is 6.42 Å². The van der Waals surface area contributed by atoms with Crippen molar-refractivity contribution in [3.63, 3.8) is 0 Å². The maximum Gasteiger partial charge on any atom is 0.307 e. The van der Waals surface area contributed by atoms with Gasteiger partial charge < -0.3 is 15.0 Å². The van der Waals surface area contributed by atoms with Crippen molar-refractivity contribution < 1.29 is 14.7 Å². The van der Waals surface area contributed by atoms with Crippen LogP contribution in [0.25, 0.3) is 0 Å². The van der Waals surface area contributed by atoms with E-state index in [2.05, 4.69) is 10.3 Å². The highest BCUT2D eigenvalue weighted by atomic mass is 16.4. The summed E-state index contributed by atoms with van der Waals surface area (Å²) in [4.78, 5) is 27.3. The van der Waals surface area contributed by atoms with E-state index >= 15 is 0 Å². The van der Waals surface area contributed by atoms with Gasteiger partial charge in [-0.2, -0.15) is 0 Å². The first-order chi connectivity index (χ1) is 9.61. The summed E-state index contributed by atoms with van der Waals surface area (Å²) in [7, 11) is 0. The number of hydrogen-bond acceptors (Lipinski definition) is 3. The Morgan fingerprint density at radius 3 is 2.75 bits per heavy atom. The van der Waals surface area contributed by atoms with Crippen LogP contribution in [0.3, 0.4) is 0 Å². The Balaban J connectivity index is 1.85. The predicted molar refractivity (Wildman–Crippen MR) is 72.9 cm³/mol. The number of carboxylic acid groups (broad SMARTS) is 1. The highest BCUT2D eigenvalue weighted by Crippen LogP contribution is 2.38. The second-order valence-corrected chi connectivity index (χ2v) is 5.39. The molecular formula is C14H21N3O3. The summed E-state index contributed by atoms with van der Waals surface area (Å²) >= 11 is 0. The molecule has 3 unspecified atom stereocenters. The molecule has 20 heavy (non-hydrogen) atoms. The minimum atomic E-state index is -0.851. The second-order valence-electron chi connectivity index (χ2n) is 5.39. The topological polar surface area (TPSA) is 84.2 Å². The number of carbonyl (C=O) groups is 2. The summed E-state index contributed by atoms with van der Waals surface area (Å²) < 4.78 is 1.87. The predicted octanol–water partition coefficient (Wildman–Crippen LogP) is 1.14. The molecular weight excluding hydrogens is 258 g/mol. The third-order valence-corrected chi connectivity index (χ3v) is 4.12. The number of nitrogens with one attached hydrogen (secondary N) is 1. The maximum absolute atomic E-state index is 12.2. The minimum absolute atomic E-state index is 0.131. The van der Waals surface area contributed by atoms with Crippen LogP contribution < -0.4 is 5.32 Å². The number of carbonyl (C=O) groups excluding carboxylic acids is 1. The third-order valence-electron chi connectivity index (χ3n) is 4.12. The Morgan fingerprint density at radius 1 is 1.40 bits per heavy atom. The lowest BCUT2D eigenvalue weighted by atomic mass is 9.95. The van der Waals surface area contributed by atoms with Crippen LogP contribution in [0.4, 0.5) is 0 Å². The molecule has 1 aromatic rings. The van der Waals surface area contributed by atoms with Gasteiger partial charge in [0.2, 0.25) is 5.91 Å². The zero-order valence-electron chi connectivity index (χ0n) is 11.7. The molecule has 3 atom stereocenters. The third kappa shape index (κ3) is 3.37. The average molecular weight is 279 g/mol. The first kappa shape index (κ1) is 14.6. The summed E-state index contributed by atoms with van der Waals surface area (Å²) in [5, 5.41) is 12.1. The van der Waals surface area contributed by atoms with Crippen LogP contribution in [-0.2, 0) is 16.1 Å². The van der Waals surface area contributed by atoms with Crippen LogP contribution in [0.5, 0.6) is 0 Å². The number of amides is 1. The van der Waals surface area contributed by atoms with Crippen molar-refractivity contribution in [2.24, 2.45) is 17.8 Å². The molecule has 1 amide bonds. The number of nitrogens with zero attached hydrogens (tertiary/aromatic N) is 2. The van der Waals surface area contributed by atoms with Crippen LogP contribution in [0.1, 0.15) is 26.2 Å². The van der Waals surface area contributed by atoms with Gasteiger partial charge in [0, 0.05) is 25.5 Å². The molecule has 6 nitrogen and oxygen atoms in total. The van der Waals surface area contributed by atoms with Crippen LogP contribution in [0.2, 0.25) is 0 Å². The molecule has 110 valence electrons. The summed E-state index contributed by atoms with van der Waals surface area (Å²) in [5.74, 6) is -1.56. The Morgan fingerprint density at radius 2 is 2.15 bits per heavy atom. The Labute approximate surface area is 118 Å². The van der Waals surface area contributed by atoms with E-state index < -0.39 is 11.9 Å². The monoisotopic (exact) mass is 279 g/mol. The summed E-state index contributed by atoms with van der Waals surface area (Å²) in [6.07, 6.45) is 7.44. The summed E-state index contributed by atoms with van der Waals surface area (Å²) in [5.41, 5.74) is 0. The van der Waals surface area contributed by atoms with E-state index in [-0.39, 0.29) is 11.8 Å². The normalized spacial score (nSPS) is 25.6. The molecule has 2 rings (SSSR count). The van der Waals surface area contributed by atoms with Crippen molar-refractivity contribution in [3.05, 3.63) is 18.7 Å². The standard InChI is InChI=1S/C14H21N3O3/c1-2-10-7-11(12(8-10)14(19)20)13(18)16-4-6-17-5-3-15-9-17/h3,5,9-12H,2,4,6-8H2,1H3,(H,16,18)(H,19,20). The quantitative estimate of drug-likeness (QED) is 0.817. The molecule has 0 radical (unpaired) electrons. The average Bonchev–Trinajstić information content (AvgIpc) is 3.07. The SMILES string of the molecule is CCC1CC(C(=O)O)C(C(=O)NCCn2ccnc2)C1. The van der Waals surface area contributed by atoms with Gasteiger partial charge in [0.05, 0.1) is 18.2 Å². The van der Waals surface area contributed by atoms with Crippen molar-refractivity contribution in [1.29, 1.82) is 0 Å². The molecule has 1 fully saturated rings. The number of imidazole rings is 1. The lowest BCUT2D eigenvalue weighted by Gasteiger charge is -2.15. The van der Waals surface area contributed by atoms with Gasteiger partial charge in [0.25, 0.3) is 0 Å². The largest absolute Gasteiger partial charge is 0.481 e. The maximum atomic E-state index is 12.2. The Kier molecular flexibility index (Phi) is 4.76. The van der Waals surface area contributed by atoms with Gasteiger partial charge in [-0.3, -0.25) is 9.59 Å². The zero-order chi connectivity index (χ0) is 14.5. The Hall–Kier alpha value is -1.85. The van der Waals surface area contributed by atoms with E-state index in [4.69, 9.17) is 0 Å². The number of hydrogen-bond donors (Lipinski definition) is 2. The van der Waals surface area contributed by atoms with Crippen LogP contribution in [0, 0.1) is 17.8 Å². The van der Waals surface area contributed by atoms with Gasteiger partial charge in [0.1, 0.15) is 0 Å². The molecule has 0 spiro atoms. The molecule has 0 aromatic carbocycles. The minimum Gasteiger partial charge on any atom is -0.481 e. The molecule has 1 heterocycles. The van der Waals surface area contributed by atoms with Crippen molar-refractivity contribution in [3.8, 4) is 0 Å². The van der Waals surface area contributed by atoms with Gasteiger partial charge in [-0.15, -0.1) is 0 Å². The molecule has 0 aliphatic heterocycles. The van der Waals surface area contributed by atoms with Crippen LogP contribution >= 0.6 is 0 Å². The van der Waals surface area contributed by atoms with Gasteiger partial charge in [-0.1, -0.05) is 13.3 Å². The number of aliphatic carboxylic acids is 1. The van der Waals surface area contributed by atoms with E-state index in [1.165, 1.54) is 0 Å². The molecule has 1 aliphatic rings. The lowest BCUT2D eigenvalue weighted by Crippen LogP contribution is -2.36.